The van der Waals surface area contributed by atoms with E-state index in [2.05, 4.69) is 40.0 Å². The number of carbonyl (C=O) groups excluding carboxylic acids is 1. The van der Waals surface area contributed by atoms with Crippen LogP contribution >= 0.6 is 11.3 Å². The fraction of sp³-hybridized carbons (Fsp3) is 0.625. The Morgan fingerprint density at radius 1 is 1.38 bits per heavy atom. The molecule has 0 radical (unpaired) electrons. The Bertz CT molecular complexity index is 468. The van der Waals surface area contributed by atoms with Gasteiger partial charge in [0, 0.05) is 31.2 Å². The topological polar surface area (TPSA) is 90.9 Å². The van der Waals surface area contributed by atoms with E-state index in [1.165, 1.54) is 4.88 Å². The molecule has 1 rings (SSSR count). The summed E-state index contributed by atoms with van der Waals surface area (Å²) in [5.41, 5.74) is 0. The minimum Gasteiger partial charge on any atom is -0.475 e. The van der Waals surface area contributed by atoms with Gasteiger partial charge in [-0.3, -0.25) is 15.0 Å². The molecule has 0 atom stereocenters. The first-order valence-corrected chi connectivity index (χ1v) is 9.01. The lowest BCUT2D eigenvalue weighted by Gasteiger charge is -2.21. The van der Waals surface area contributed by atoms with Gasteiger partial charge in [-0.2, -0.15) is 0 Å². The molecule has 24 heavy (non-hydrogen) atoms. The Morgan fingerprint density at radius 3 is 2.88 bits per heavy atom. The normalized spacial score (nSPS) is 11.1. The molecule has 0 amide bonds. The second-order valence-electron chi connectivity index (χ2n) is 5.35. The SMILES string of the molecule is CCCCN(COCCNCNCC(=O)C(=O)O)Cc1cccs1. The highest BCUT2D eigenvalue weighted by Crippen LogP contribution is 2.12. The number of ketones is 1. The Labute approximate surface area is 147 Å². The maximum atomic E-state index is 10.9. The van der Waals surface area contributed by atoms with Crippen LogP contribution in [0.15, 0.2) is 17.5 Å². The van der Waals surface area contributed by atoms with Crippen LogP contribution in [0.4, 0.5) is 0 Å². The van der Waals surface area contributed by atoms with Crippen LogP contribution in [0.5, 0.6) is 0 Å². The Morgan fingerprint density at radius 2 is 2.21 bits per heavy atom. The summed E-state index contributed by atoms with van der Waals surface area (Å²) < 4.78 is 5.69. The van der Waals surface area contributed by atoms with Gasteiger partial charge in [-0.05, 0) is 17.9 Å². The predicted molar refractivity (Wildman–Crippen MR) is 94.0 cm³/mol. The van der Waals surface area contributed by atoms with Crippen molar-refractivity contribution in [2.75, 3.05) is 39.6 Å². The summed E-state index contributed by atoms with van der Waals surface area (Å²) in [6.45, 7) is 6.08. The van der Waals surface area contributed by atoms with Gasteiger partial charge in [-0.1, -0.05) is 19.4 Å². The minimum atomic E-state index is -1.41. The zero-order valence-electron chi connectivity index (χ0n) is 14.1. The highest BCUT2D eigenvalue weighted by Gasteiger charge is 2.09. The van der Waals surface area contributed by atoms with E-state index in [0.717, 1.165) is 25.9 Å². The summed E-state index contributed by atoms with van der Waals surface area (Å²) in [5, 5.41) is 16.3. The molecule has 7 nitrogen and oxygen atoms in total. The molecule has 0 spiro atoms. The minimum absolute atomic E-state index is 0.172. The fourth-order valence-electron chi connectivity index (χ4n) is 1.96. The highest BCUT2D eigenvalue weighted by molar-refractivity contribution is 7.09. The van der Waals surface area contributed by atoms with E-state index in [4.69, 9.17) is 9.84 Å². The van der Waals surface area contributed by atoms with Crippen molar-refractivity contribution in [3.63, 3.8) is 0 Å². The van der Waals surface area contributed by atoms with Gasteiger partial charge in [0.05, 0.1) is 19.9 Å². The Balaban J connectivity index is 2.07. The third-order valence-corrected chi connectivity index (χ3v) is 4.12. The molecule has 0 aliphatic rings. The van der Waals surface area contributed by atoms with Crippen LogP contribution in [0.2, 0.25) is 0 Å². The quantitative estimate of drug-likeness (QED) is 0.246. The first-order valence-electron chi connectivity index (χ1n) is 8.13. The van der Waals surface area contributed by atoms with Crippen molar-refractivity contribution in [3.05, 3.63) is 22.4 Å². The van der Waals surface area contributed by atoms with Gasteiger partial charge in [0.1, 0.15) is 0 Å². The number of unbranched alkanes of at least 4 members (excludes halogenated alkanes) is 1. The maximum Gasteiger partial charge on any atom is 0.373 e. The molecule has 0 fully saturated rings. The number of aliphatic carboxylic acids is 1. The van der Waals surface area contributed by atoms with Crippen molar-refractivity contribution in [2.24, 2.45) is 0 Å². The molecule has 0 unspecified atom stereocenters. The summed E-state index contributed by atoms with van der Waals surface area (Å²) in [6.07, 6.45) is 2.30. The number of ether oxygens (including phenoxy) is 1. The van der Waals surface area contributed by atoms with Crippen LogP contribution in [0.1, 0.15) is 24.6 Å². The molecule has 0 aromatic carbocycles. The van der Waals surface area contributed by atoms with E-state index in [1.54, 1.807) is 11.3 Å². The van der Waals surface area contributed by atoms with E-state index in [-0.39, 0.29) is 6.54 Å². The van der Waals surface area contributed by atoms with Crippen LogP contribution in [-0.4, -0.2) is 61.4 Å². The summed E-state index contributed by atoms with van der Waals surface area (Å²) in [6, 6.07) is 4.19. The average molecular weight is 357 g/mol. The van der Waals surface area contributed by atoms with Gasteiger partial charge in [-0.25, -0.2) is 4.79 Å². The second-order valence-corrected chi connectivity index (χ2v) is 6.39. The van der Waals surface area contributed by atoms with Crippen molar-refractivity contribution >= 4 is 23.1 Å². The second kappa shape index (κ2) is 13.0. The fourth-order valence-corrected chi connectivity index (χ4v) is 2.71. The molecule has 0 bridgehead atoms. The molecule has 0 aliphatic carbocycles. The number of thiophene rings is 1. The van der Waals surface area contributed by atoms with Crippen molar-refractivity contribution < 1.29 is 19.4 Å². The Kier molecular flexibility index (Phi) is 11.2. The summed E-state index contributed by atoms with van der Waals surface area (Å²) in [4.78, 5) is 24.8. The average Bonchev–Trinajstić information content (AvgIpc) is 3.07. The van der Waals surface area contributed by atoms with Crippen molar-refractivity contribution in [3.8, 4) is 0 Å². The van der Waals surface area contributed by atoms with E-state index in [0.29, 0.717) is 26.6 Å². The smallest absolute Gasteiger partial charge is 0.373 e. The number of carbonyl (C=O) groups is 2. The lowest BCUT2D eigenvalue weighted by molar-refractivity contribution is -0.148. The number of hydrogen-bond acceptors (Lipinski definition) is 7. The van der Waals surface area contributed by atoms with Gasteiger partial charge in [0.15, 0.2) is 0 Å². The highest BCUT2D eigenvalue weighted by atomic mass is 32.1. The largest absolute Gasteiger partial charge is 0.475 e. The number of nitrogens with one attached hydrogen (secondary N) is 2. The number of nitrogens with zero attached hydrogens (tertiary/aromatic N) is 1. The first kappa shape index (κ1) is 20.7. The number of hydrogen-bond donors (Lipinski definition) is 3. The predicted octanol–water partition coefficient (Wildman–Crippen LogP) is 1.11. The Hall–Kier alpha value is -1.32. The van der Waals surface area contributed by atoms with Crippen LogP contribution in [0, 0.1) is 0 Å². The number of carboxylic acids is 1. The summed E-state index contributed by atoms with van der Waals surface area (Å²) in [7, 11) is 0. The van der Waals surface area contributed by atoms with Crippen molar-refractivity contribution in [1.29, 1.82) is 0 Å². The summed E-state index contributed by atoms with van der Waals surface area (Å²) >= 11 is 1.75. The zero-order chi connectivity index (χ0) is 17.6. The molecule has 136 valence electrons. The monoisotopic (exact) mass is 357 g/mol. The van der Waals surface area contributed by atoms with E-state index in [9.17, 15) is 9.59 Å². The molecule has 0 saturated carbocycles. The molecule has 1 aromatic heterocycles. The van der Waals surface area contributed by atoms with E-state index < -0.39 is 11.8 Å². The standard InChI is InChI=1S/C16H27N3O4S/c1-2-3-7-19(11-14-5-4-9-24-14)13-23-8-6-17-12-18-10-15(20)16(21)22/h4-5,9,17-18H,2-3,6-8,10-13H2,1H3,(H,21,22). The van der Waals surface area contributed by atoms with Gasteiger partial charge < -0.3 is 15.2 Å². The number of rotatable bonds is 15. The molecular weight excluding hydrogens is 330 g/mol. The van der Waals surface area contributed by atoms with Crippen molar-refractivity contribution in [1.82, 2.24) is 15.5 Å². The molecular formula is C16H27N3O4S. The molecule has 3 N–H and O–H groups in total. The summed E-state index contributed by atoms with van der Waals surface area (Å²) in [5.74, 6) is -2.25. The molecule has 0 aliphatic heterocycles. The molecule has 1 aromatic rings. The third-order valence-electron chi connectivity index (χ3n) is 3.26. The van der Waals surface area contributed by atoms with Crippen LogP contribution in [-0.2, 0) is 20.9 Å². The van der Waals surface area contributed by atoms with E-state index >= 15 is 0 Å². The van der Waals surface area contributed by atoms with Gasteiger partial charge in [-0.15, -0.1) is 11.3 Å². The van der Waals surface area contributed by atoms with Crippen LogP contribution in [0.3, 0.4) is 0 Å². The zero-order valence-corrected chi connectivity index (χ0v) is 14.9. The van der Waals surface area contributed by atoms with E-state index in [1.807, 2.05) is 0 Å². The molecule has 1 heterocycles. The lowest BCUT2D eigenvalue weighted by atomic mass is 10.3. The van der Waals surface area contributed by atoms with Gasteiger partial charge in [0.25, 0.3) is 5.78 Å². The molecule has 0 saturated heterocycles. The van der Waals surface area contributed by atoms with Crippen LogP contribution in [0.25, 0.3) is 0 Å². The number of carboxylic acid groups (broad SMARTS) is 1. The van der Waals surface area contributed by atoms with Crippen LogP contribution < -0.4 is 10.6 Å². The first-order chi connectivity index (χ1) is 11.6. The number of Topliss-reactive ketones (excluding diaryl/α,β-unsaturated/α-hetero) is 1. The third kappa shape index (κ3) is 9.74. The van der Waals surface area contributed by atoms with Gasteiger partial charge >= 0.3 is 5.97 Å². The molecule has 8 heteroatoms. The maximum absolute atomic E-state index is 10.9. The lowest BCUT2D eigenvalue weighted by Crippen LogP contribution is -2.37. The van der Waals surface area contributed by atoms with Gasteiger partial charge in [0.2, 0.25) is 0 Å². The van der Waals surface area contributed by atoms with Crippen molar-refractivity contribution in [2.45, 2.75) is 26.3 Å².